The van der Waals surface area contributed by atoms with Crippen LogP contribution in [0.3, 0.4) is 0 Å². The van der Waals surface area contributed by atoms with Crippen molar-refractivity contribution >= 4 is 11.6 Å². The minimum Gasteiger partial charge on any atom is -0.494 e. The van der Waals surface area contributed by atoms with E-state index in [0.717, 1.165) is 11.3 Å². The quantitative estimate of drug-likeness (QED) is 0.569. The van der Waals surface area contributed by atoms with Gasteiger partial charge in [0.05, 0.1) is 24.8 Å². The van der Waals surface area contributed by atoms with Gasteiger partial charge in [0.2, 0.25) is 0 Å². The molecule has 0 saturated carbocycles. The molecule has 0 fully saturated rings. The molecule has 140 valence electrons. The highest BCUT2D eigenvalue weighted by Gasteiger charge is 2.22. The Kier molecular flexibility index (Phi) is 4.63. The molecule has 0 unspecified atom stereocenters. The van der Waals surface area contributed by atoms with Gasteiger partial charge in [-0.3, -0.25) is 4.79 Å². The molecule has 1 N–H and O–H groups in total. The number of nitrogens with zero attached hydrogens (tertiary/aromatic N) is 3. The van der Waals surface area contributed by atoms with Crippen molar-refractivity contribution in [1.29, 1.82) is 0 Å². The molecule has 28 heavy (non-hydrogen) atoms. The number of aromatic nitrogens is 3. The van der Waals surface area contributed by atoms with Crippen LogP contribution in [0.5, 0.6) is 5.75 Å². The summed E-state index contributed by atoms with van der Waals surface area (Å²) in [6.07, 6.45) is 5.22. The average molecular weight is 374 g/mol. The third kappa shape index (κ3) is 3.25. The Bertz CT molecular complexity index is 1100. The maximum absolute atomic E-state index is 13.0. The molecule has 4 aromatic rings. The zero-order valence-corrected chi connectivity index (χ0v) is 15.4. The van der Waals surface area contributed by atoms with E-state index in [9.17, 15) is 4.79 Å². The van der Waals surface area contributed by atoms with Crippen molar-refractivity contribution in [1.82, 2.24) is 14.7 Å². The summed E-state index contributed by atoms with van der Waals surface area (Å²) in [4.78, 5) is 17.0. The first-order valence-corrected chi connectivity index (χ1v) is 8.67. The van der Waals surface area contributed by atoms with Crippen molar-refractivity contribution < 1.29 is 14.1 Å². The minimum atomic E-state index is -0.314. The molecule has 0 aliphatic heterocycles. The molecule has 0 aliphatic carbocycles. The predicted octanol–water partition coefficient (Wildman–Crippen LogP) is 4.10. The van der Waals surface area contributed by atoms with Gasteiger partial charge in [-0.2, -0.15) is 0 Å². The van der Waals surface area contributed by atoms with E-state index in [-0.39, 0.29) is 5.91 Å². The van der Waals surface area contributed by atoms with Gasteiger partial charge in [-0.1, -0.05) is 35.5 Å². The lowest BCUT2D eigenvalue weighted by molar-refractivity contribution is 0.102. The number of amides is 1. The molecule has 0 atom stereocenters. The van der Waals surface area contributed by atoms with Crippen molar-refractivity contribution in [3.05, 3.63) is 78.6 Å². The van der Waals surface area contributed by atoms with Crippen LogP contribution in [0.15, 0.2) is 71.8 Å². The summed E-state index contributed by atoms with van der Waals surface area (Å²) in [5.74, 6) is 0.673. The molecule has 7 nitrogen and oxygen atoms in total. The SMILES string of the molecule is COc1cc(-n2ccnc2)ccc1NC(=O)c1c(-c2ccccc2)noc1C. The van der Waals surface area contributed by atoms with E-state index < -0.39 is 0 Å². The third-order valence-electron chi connectivity index (χ3n) is 4.37. The molecule has 4 rings (SSSR count). The lowest BCUT2D eigenvalue weighted by Crippen LogP contribution is -2.14. The van der Waals surface area contributed by atoms with Gasteiger partial charge in [-0.05, 0) is 19.1 Å². The smallest absolute Gasteiger partial charge is 0.261 e. The van der Waals surface area contributed by atoms with Gasteiger partial charge >= 0.3 is 0 Å². The Morgan fingerprint density at radius 1 is 1.18 bits per heavy atom. The lowest BCUT2D eigenvalue weighted by atomic mass is 10.1. The fourth-order valence-corrected chi connectivity index (χ4v) is 2.97. The summed E-state index contributed by atoms with van der Waals surface area (Å²) in [6.45, 7) is 1.72. The topological polar surface area (TPSA) is 82.2 Å². The third-order valence-corrected chi connectivity index (χ3v) is 4.37. The molecule has 0 aliphatic rings. The van der Waals surface area contributed by atoms with Gasteiger partial charge in [-0.15, -0.1) is 0 Å². The Balaban J connectivity index is 1.65. The second kappa shape index (κ2) is 7.40. The molecular weight excluding hydrogens is 356 g/mol. The second-order valence-electron chi connectivity index (χ2n) is 6.14. The molecule has 0 spiro atoms. The van der Waals surface area contributed by atoms with E-state index in [4.69, 9.17) is 9.26 Å². The number of carbonyl (C=O) groups excluding carboxylic acids is 1. The van der Waals surface area contributed by atoms with Crippen LogP contribution in [-0.4, -0.2) is 27.7 Å². The monoisotopic (exact) mass is 374 g/mol. The minimum absolute atomic E-state index is 0.314. The molecule has 1 amide bonds. The summed E-state index contributed by atoms with van der Waals surface area (Å²) >= 11 is 0. The summed E-state index contributed by atoms with van der Waals surface area (Å²) < 4.78 is 12.6. The summed E-state index contributed by atoms with van der Waals surface area (Å²) in [6, 6.07) is 14.9. The van der Waals surface area contributed by atoms with E-state index in [2.05, 4.69) is 15.5 Å². The zero-order valence-electron chi connectivity index (χ0n) is 15.4. The van der Waals surface area contributed by atoms with Gasteiger partial charge < -0.3 is 19.1 Å². The highest BCUT2D eigenvalue weighted by atomic mass is 16.5. The molecule has 0 bridgehead atoms. The molecule has 2 heterocycles. The van der Waals surface area contributed by atoms with E-state index >= 15 is 0 Å². The number of nitrogens with one attached hydrogen (secondary N) is 1. The fraction of sp³-hybridized carbons (Fsp3) is 0.0952. The first-order chi connectivity index (χ1) is 13.7. The Hall–Kier alpha value is -3.87. The van der Waals surface area contributed by atoms with Crippen molar-refractivity contribution in [2.75, 3.05) is 12.4 Å². The summed E-state index contributed by atoms with van der Waals surface area (Å²) in [5, 5.41) is 6.96. The number of ether oxygens (including phenoxy) is 1. The summed E-state index contributed by atoms with van der Waals surface area (Å²) in [5.41, 5.74) is 3.14. The van der Waals surface area contributed by atoms with Crippen LogP contribution in [0.2, 0.25) is 0 Å². The molecule has 2 aromatic carbocycles. The van der Waals surface area contributed by atoms with Gasteiger partial charge in [0.25, 0.3) is 5.91 Å². The van der Waals surface area contributed by atoms with E-state index in [1.807, 2.05) is 53.2 Å². The van der Waals surface area contributed by atoms with Crippen LogP contribution in [0, 0.1) is 6.92 Å². The Morgan fingerprint density at radius 2 is 2.00 bits per heavy atom. The molecular formula is C21H18N4O3. The zero-order chi connectivity index (χ0) is 19.5. The second-order valence-corrected chi connectivity index (χ2v) is 6.14. The Labute approximate surface area is 161 Å². The molecule has 0 radical (unpaired) electrons. The van der Waals surface area contributed by atoms with Crippen LogP contribution in [0.25, 0.3) is 16.9 Å². The van der Waals surface area contributed by atoms with Gasteiger partial charge in [-0.25, -0.2) is 4.98 Å². The molecule has 0 saturated heterocycles. The predicted molar refractivity (Wildman–Crippen MR) is 105 cm³/mol. The van der Waals surface area contributed by atoms with Crippen LogP contribution < -0.4 is 10.1 Å². The van der Waals surface area contributed by atoms with Crippen molar-refractivity contribution in [3.8, 4) is 22.7 Å². The number of methoxy groups -OCH3 is 1. The highest BCUT2D eigenvalue weighted by Crippen LogP contribution is 2.30. The van der Waals surface area contributed by atoms with Crippen LogP contribution in [-0.2, 0) is 0 Å². The van der Waals surface area contributed by atoms with Crippen molar-refractivity contribution in [2.24, 2.45) is 0 Å². The van der Waals surface area contributed by atoms with Crippen molar-refractivity contribution in [2.45, 2.75) is 6.92 Å². The number of carbonyl (C=O) groups is 1. The molecule has 2 aromatic heterocycles. The number of imidazole rings is 1. The largest absolute Gasteiger partial charge is 0.494 e. The number of hydrogen-bond acceptors (Lipinski definition) is 5. The van der Waals surface area contributed by atoms with Gasteiger partial charge in [0.15, 0.2) is 0 Å². The highest BCUT2D eigenvalue weighted by molar-refractivity contribution is 6.09. The van der Waals surface area contributed by atoms with Gasteiger partial charge in [0, 0.05) is 24.0 Å². The number of anilines is 1. The molecule has 7 heteroatoms. The number of aryl methyl sites for hydroxylation is 1. The summed E-state index contributed by atoms with van der Waals surface area (Å²) in [7, 11) is 1.56. The van der Waals surface area contributed by atoms with Crippen LogP contribution >= 0.6 is 0 Å². The Morgan fingerprint density at radius 3 is 2.71 bits per heavy atom. The lowest BCUT2D eigenvalue weighted by Gasteiger charge is -2.12. The van der Waals surface area contributed by atoms with Crippen LogP contribution in [0.1, 0.15) is 16.1 Å². The maximum Gasteiger partial charge on any atom is 0.261 e. The number of hydrogen-bond donors (Lipinski definition) is 1. The maximum atomic E-state index is 13.0. The van der Waals surface area contributed by atoms with Crippen LogP contribution in [0.4, 0.5) is 5.69 Å². The van der Waals surface area contributed by atoms with Crippen molar-refractivity contribution in [3.63, 3.8) is 0 Å². The van der Waals surface area contributed by atoms with E-state index in [0.29, 0.717) is 28.5 Å². The van der Waals surface area contributed by atoms with Gasteiger partial charge in [0.1, 0.15) is 22.8 Å². The van der Waals surface area contributed by atoms with E-state index in [1.54, 1.807) is 32.6 Å². The first-order valence-electron chi connectivity index (χ1n) is 8.67. The standard InChI is InChI=1S/C21H18N4O3/c1-14-19(20(24-28-14)15-6-4-3-5-7-15)21(26)23-17-9-8-16(12-18(17)27-2)25-11-10-22-13-25/h3-13H,1-2H3,(H,23,26). The number of rotatable bonds is 5. The normalized spacial score (nSPS) is 10.6. The number of benzene rings is 2. The fourth-order valence-electron chi connectivity index (χ4n) is 2.97. The first kappa shape index (κ1) is 17.5. The average Bonchev–Trinajstić information content (AvgIpc) is 3.39. The van der Waals surface area contributed by atoms with E-state index in [1.165, 1.54) is 0 Å².